The minimum Gasteiger partial charge on any atom is -0.416 e. The minimum atomic E-state index is -3.04. The standard InChI is InChI=1S/C14H42O8Si8/c1-23(2)15-25(5,6)19-29(13,20-26(7,8)16-23)30(14)21-27(9,10)17-24(3,4)18-28(11,12)22-30/h1-14H3. The molecule has 0 amide bonds. The lowest BCUT2D eigenvalue weighted by Gasteiger charge is -2.55. The molecule has 0 bridgehead atoms. The number of hydrogen-bond donors (Lipinski definition) is 0. The molecule has 0 aromatic rings. The van der Waals surface area contributed by atoms with Crippen molar-refractivity contribution in [1.29, 1.82) is 0 Å². The molecule has 0 N–H and O–H groups in total. The van der Waals surface area contributed by atoms with E-state index in [0.29, 0.717) is 0 Å². The Morgan fingerprint density at radius 1 is 0.233 bits per heavy atom. The van der Waals surface area contributed by atoms with Crippen molar-refractivity contribution in [2.45, 2.75) is 91.7 Å². The van der Waals surface area contributed by atoms with Crippen LogP contribution in [-0.2, 0) is 32.9 Å². The molecular weight excluding hydrogens is 521 g/mol. The number of hydrogen-bond acceptors (Lipinski definition) is 8. The molecule has 0 spiro atoms. The molecule has 178 valence electrons. The Kier molecular flexibility index (Phi) is 7.36. The molecule has 0 radical (unpaired) electrons. The van der Waals surface area contributed by atoms with Crippen molar-refractivity contribution in [3.63, 3.8) is 0 Å². The van der Waals surface area contributed by atoms with E-state index in [2.05, 4.69) is 91.7 Å². The zero-order valence-electron chi connectivity index (χ0n) is 21.3. The van der Waals surface area contributed by atoms with Gasteiger partial charge in [0.1, 0.15) is 0 Å². The molecule has 0 unspecified atom stereocenters. The van der Waals surface area contributed by atoms with Gasteiger partial charge in [-0.3, -0.25) is 0 Å². The first-order valence-corrected chi connectivity index (χ1v) is 33.0. The highest BCUT2D eigenvalue weighted by Crippen LogP contribution is 2.40. The molecule has 0 aliphatic carbocycles. The van der Waals surface area contributed by atoms with Crippen LogP contribution in [-0.4, -0.2) is 67.5 Å². The topological polar surface area (TPSA) is 73.8 Å². The Morgan fingerprint density at radius 2 is 0.367 bits per heavy atom. The largest absolute Gasteiger partial charge is 0.416 e. The lowest BCUT2D eigenvalue weighted by Crippen LogP contribution is -2.80. The van der Waals surface area contributed by atoms with Crippen LogP contribution in [0.25, 0.3) is 0 Å². The maximum atomic E-state index is 6.89. The van der Waals surface area contributed by atoms with Gasteiger partial charge in [0.25, 0.3) is 0 Å². The average molecular weight is 563 g/mol. The molecule has 30 heavy (non-hydrogen) atoms. The highest BCUT2D eigenvalue weighted by molar-refractivity contribution is 7.36. The van der Waals surface area contributed by atoms with Crippen molar-refractivity contribution in [2.24, 2.45) is 0 Å². The first kappa shape index (κ1) is 27.7. The highest BCUT2D eigenvalue weighted by atomic mass is 29.3. The second kappa shape index (κ2) is 7.98. The molecule has 2 aliphatic heterocycles. The molecule has 2 fully saturated rings. The Balaban J connectivity index is 2.57. The third kappa shape index (κ3) is 6.96. The van der Waals surface area contributed by atoms with Gasteiger partial charge in [0.15, 0.2) is 0 Å². The lowest BCUT2D eigenvalue weighted by atomic mass is 11.9. The van der Waals surface area contributed by atoms with Gasteiger partial charge in [0, 0.05) is 0 Å². The molecule has 16 heteroatoms. The second-order valence-corrected chi connectivity index (χ2v) is 43.7. The van der Waals surface area contributed by atoms with E-state index in [-0.39, 0.29) is 0 Å². The highest BCUT2D eigenvalue weighted by Gasteiger charge is 2.68. The predicted molar refractivity (Wildman–Crippen MR) is 137 cm³/mol. The van der Waals surface area contributed by atoms with Crippen molar-refractivity contribution in [3.05, 3.63) is 0 Å². The fourth-order valence-electron chi connectivity index (χ4n) is 4.78. The van der Waals surface area contributed by atoms with Gasteiger partial charge in [-0.15, -0.1) is 0 Å². The average Bonchev–Trinajstić information content (AvgIpc) is 2.24. The van der Waals surface area contributed by atoms with Crippen molar-refractivity contribution in [2.75, 3.05) is 0 Å². The molecular formula is C14H42O8Si8. The van der Waals surface area contributed by atoms with Gasteiger partial charge in [-0.1, -0.05) is 0 Å². The van der Waals surface area contributed by atoms with Crippen LogP contribution in [0.15, 0.2) is 0 Å². The lowest BCUT2D eigenvalue weighted by molar-refractivity contribution is 0.209. The maximum absolute atomic E-state index is 6.89. The van der Waals surface area contributed by atoms with Gasteiger partial charge in [0.05, 0.1) is 0 Å². The molecule has 0 atom stereocenters. The minimum absolute atomic E-state index is 2.06. The van der Waals surface area contributed by atoms with E-state index in [9.17, 15) is 0 Å². The molecule has 2 rings (SSSR count). The van der Waals surface area contributed by atoms with Crippen LogP contribution in [0.2, 0.25) is 91.7 Å². The van der Waals surface area contributed by atoms with Crippen molar-refractivity contribution < 1.29 is 32.9 Å². The SMILES string of the molecule is C[Si]1(C)O[Si](C)(C)O[Si](C)([Si]2(C)O[Si](C)(C)O[Si](C)(C)O[Si](C)(C)O2)O[Si](C)(C)O1. The monoisotopic (exact) mass is 562 g/mol. The summed E-state index contributed by atoms with van der Waals surface area (Å²) in [6.07, 6.45) is 0. The van der Waals surface area contributed by atoms with Gasteiger partial charge < -0.3 is 32.9 Å². The molecule has 2 heterocycles. The van der Waals surface area contributed by atoms with Crippen molar-refractivity contribution in [3.8, 4) is 0 Å². The molecule has 8 nitrogen and oxygen atoms in total. The van der Waals surface area contributed by atoms with Gasteiger partial charge in [0.2, 0.25) is 0 Å². The van der Waals surface area contributed by atoms with E-state index in [1.165, 1.54) is 0 Å². The summed E-state index contributed by atoms with van der Waals surface area (Å²) in [5, 5.41) is 0. The summed E-state index contributed by atoms with van der Waals surface area (Å²) in [6.45, 7) is 28.9. The number of rotatable bonds is 1. The summed E-state index contributed by atoms with van der Waals surface area (Å²) in [6, 6.07) is 0. The molecule has 2 aliphatic rings. The van der Waals surface area contributed by atoms with Crippen LogP contribution < -0.4 is 0 Å². The first-order valence-electron chi connectivity index (χ1n) is 10.5. The quantitative estimate of drug-likeness (QED) is 0.430. The van der Waals surface area contributed by atoms with Gasteiger partial charge >= 0.3 is 67.5 Å². The Bertz CT molecular complexity index is 568. The fraction of sp³-hybridized carbons (Fsp3) is 1.00. The zero-order valence-corrected chi connectivity index (χ0v) is 29.3. The van der Waals surface area contributed by atoms with Crippen molar-refractivity contribution in [1.82, 2.24) is 0 Å². The summed E-state index contributed by atoms with van der Waals surface area (Å²) in [7, 11) is -21.1. The van der Waals surface area contributed by atoms with E-state index in [0.717, 1.165) is 0 Å². The maximum Gasteiger partial charge on any atom is 0.362 e. The van der Waals surface area contributed by atoms with Gasteiger partial charge in [-0.2, -0.15) is 0 Å². The van der Waals surface area contributed by atoms with Crippen LogP contribution in [0.3, 0.4) is 0 Å². The second-order valence-electron chi connectivity index (χ2n) is 11.1. The van der Waals surface area contributed by atoms with E-state index in [4.69, 9.17) is 32.9 Å². The Morgan fingerprint density at radius 3 is 0.533 bits per heavy atom. The molecule has 2 saturated heterocycles. The van der Waals surface area contributed by atoms with Crippen LogP contribution >= 0.6 is 0 Å². The smallest absolute Gasteiger partial charge is 0.362 e. The van der Waals surface area contributed by atoms with Crippen LogP contribution in [0.5, 0.6) is 0 Å². The third-order valence-corrected chi connectivity index (χ3v) is 44.7. The summed E-state index contributed by atoms with van der Waals surface area (Å²) in [4.78, 5) is 0. The van der Waals surface area contributed by atoms with E-state index < -0.39 is 67.5 Å². The zero-order chi connectivity index (χ0) is 23.7. The molecule has 0 aromatic heterocycles. The summed E-state index contributed by atoms with van der Waals surface area (Å²) in [5.41, 5.74) is 0. The van der Waals surface area contributed by atoms with Gasteiger partial charge in [-0.25, -0.2) is 0 Å². The Hall–Kier alpha value is 1.42. The normalized spacial score (nSPS) is 33.4. The van der Waals surface area contributed by atoms with E-state index in [1.807, 2.05) is 0 Å². The molecule has 0 aromatic carbocycles. The molecule has 0 saturated carbocycles. The predicted octanol–water partition coefficient (Wildman–Crippen LogP) is 4.58. The van der Waals surface area contributed by atoms with Crippen LogP contribution in [0.4, 0.5) is 0 Å². The van der Waals surface area contributed by atoms with Crippen LogP contribution in [0.1, 0.15) is 0 Å². The van der Waals surface area contributed by atoms with E-state index >= 15 is 0 Å². The van der Waals surface area contributed by atoms with Gasteiger partial charge in [-0.05, 0) is 91.7 Å². The summed E-state index contributed by atoms with van der Waals surface area (Å²) in [5.74, 6) is 0. The van der Waals surface area contributed by atoms with Crippen molar-refractivity contribution >= 4 is 67.5 Å². The summed E-state index contributed by atoms with van der Waals surface area (Å²) >= 11 is 0. The van der Waals surface area contributed by atoms with Crippen LogP contribution in [0, 0.1) is 0 Å². The Labute approximate surface area is 191 Å². The summed E-state index contributed by atoms with van der Waals surface area (Å²) < 4.78 is 53.7. The first-order chi connectivity index (χ1) is 12.9. The fourth-order valence-corrected chi connectivity index (χ4v) is 61.6. The third-order valence-electron chi connectivity index (χ3n) is 4.55. The van der Waals surface area contributed by atoms with E-state index in [1.54, 1.807) is 0 Å².